The van der Waals surface area contributed by atoms with Crippen LogP contribution in [0.15, 0.2) is 67.1 Å². The highest BCUT2D eigenvalue weighted by atomic mass is 16.5. The lowest BCUT2D eigenvalue weighted by atomic mass is 9.99. The minimum atomic E-state index is 0.0809. The van der Waals surface area contributed by atoms with E-state index in [1.165, 1.54) is 11.1 Å². The standard InChI is InChI=1S/C27H26N6O2/c34-27(19-8-11-35-12-9-19)33-16-21-2-1-20(13-22(21)17-33)26-28-10-7-25(32-26)31-24-5-3-18(4-6-24)23-14-29-30-15-23/h1-7,10,13-15,19H,8-9,11-12,16-17H2,(H,29,30)(H,28,31,32). The number of anilines is 2. The maximum atomic E-state index is 13.0. The molecular formula is C27H26N6O2. The average molecular weight is 467 g/mol. The Morgan fingerprint density at radius 1 is 0.971 bits per heavy atom. The molecule has 0 spiro atoms. The number of fused-ring (bicyclic) bond motifs is 1. The number of carbonyl (C=O) groups excluding carboxylic acids is 1. The molecule has 35 heavy (non-hydrogen) atoms. The third-order valence-electron chi connectivity index (χ3n) is 6.71. The second kappa shape index (κ2) is 9.31. The van der Waals surface area contributed by atoms with Crippen molar-refractivity contribution in [1.82, 2.24) is 25.1 Å². The molecule has 0 saturated carbocycles. The van der Waals surface area contributed by atoms with Crippen LogP contribution < -0.4 is 5.32 Å². The molecule has 0 aliphatic carbocycles. The fourth-order valence-corrected chi connectivity index (χ4v) is 4.76. The van der Waals surface area contributed by atoms with E-state index in [0.29, 0.717) is 32.1 Å². The van der Waals surface area contributed by atoms with Crippen LogP contribution in [-0.4, -0.2) is 44.2 Å². The number of nitrogens with one attached hydrogen (secondary N) is 2. The van der Waals surface area contributed by atoms with E-state index in [2.05, 4.69) is 32.6 Å². The molecule has 0 radical (unpaired) electrons. The molecule has 2 aliphatic heterocycles. The Labute approximate surface area is 203 Å². The summed E-state index contributed by atoms with van der Waals surface area (Å²) in [7, 11) is 0. The minimum Gasteiger partial charge on any atom is -0.381 e. The zero-order valence-corrected chi connectivity index (χ0v) is 19.3. The molecule has 1 amide bonds. The largest absolute Gasteiger partial charge is 0.381 e. The van der Waals surface area contributed by atoms with E-state index in [0.717, 1.165) is 41.0 Å². The molecule has 2 aliphatic rings. The van der Waals surface area contributed by atoms with Crippen molar-refractivity contribution in [3.8, 4) is 22.5 Å². The number of hydrogen-bond acceptors (Lipinski definition) is 6. The van der Waals surface area contributed by atoms with E-state index in [9.17, 15) is 4.79 Å². The minimum absolute atomic E-state index is 0.0809. The van der Waals surface area contributed by atoms with Crippen LogP contribution in [0.2, 0.25) is 0 Å². The second-order valence-corrected chi connectivity index (χ2v) is 9.02. The van der Waals surface area contributed by atoms with Gasteiger partial charge in [-0.05, 0) is 53.8 Å². The maximum Gasteiger partial charge on any atom is 0.226 e. The molecule has 8 nitrogen and oxygen atoms in total. The van der Waals surface area contributed by atoms with Crippen molar-refractivity contribution in [3.05, 3.63) is 78.2 Å². The van der Waals surface area contributed by atoms with Gasteiger partial charge in [0.05, 0.1) is 6.20 Å². The van der Waals surface area contributed by atoms with Crippen LogP contribution in [0.4, 0.5) is 11.5 Å². The Balaban J connectivity index is 1.16. The van der Waals surface area contributed by atoms with E-state index < -0.39 is 0 Å². The smallest absolute Gasteiger partial charge is 0.226 e. The highest BCUT2D eigenvalue weighted by Gasteiger charge is 2.30. The van der Waals surface area contributed by atoms with E-state index in [1.807, 2.05) is 47.5 Å². The number of carbonyl (C=O) groups is 1. The van der Waals surface area contributed by atoms with Crippen molar-refractivity contribution >= 4 is 17.4 Å². The molecule has 1 fully saturated rings. The first kappa shape index (κ1) is 21.5. The van der Waals surface area contributed by atoms with Crippen molar-refractivity contribution in [2.24, 2.45) is 5.92 Å². The number of benzene rings is 2. The second-order valence-electron chi connectivity index (χ2n) is 9.02. The summed E-state index contributed by atoms with van der Waals surface area (Å²) in [5, 5.41) is 10.2. The normalized spacial score (nSPS) is 15.7. The van der Waals surface area contributed by atoms with Crippen molar-refractivity contribution in [1.29, 1.82) is 0 Å². The van der Waals surface area contributed by atoms with Gasteiger partial charge in [0, 0.05) is 61.4 Å². The Morgan fingerprint density at radius 3 is 2.57 bits per heavy atom. The van der Waals surface area contributed by atoms with Gasteiger partial charge in [-0.1, -0.05) is 24.3 Å². The van der Waals surface area contributed by atoms with Gasteiger partial charge >= 0.3 is 0 Å². The van der Waals surface area contributed by atoms with Crippen LogP contribution in [0.5, 0.6) is 0 Å². The molecule has 0 atom stereocenters. The van der Waals surface area contributed by atoms with Gasteiger partial charge in [0.15, 0.2) is 5.82 Å². The number of hydrogen-bond donors (Lipinski definition) is 2. The van der Waals surface area contributed by atoms with E-state index in [4.69, 9.17) is 9.72 Å². The highest BCUT2D eigenvalue weighted by Crippen LogP contribution is 2.30. The van der Waals surface area contributed by atoms with Crippen LogP contribution >= 0.6 is 0 Å². The van der Waals surface area contributed by atoms with Crippen molar-refractivity contribution in [3.63, 3.8) is 0 Å². The first-order valence-electron chi connectivity index (χ1n) is 11.9. The maximum absolute atomic E-state index is 13.0. The summed E-state index contributed by atoms with van der Waals surface area (Å²) in [6.45, 7) is 2.67. The highest BCUT2D eigenvalue weighted by molar-refractivity contribution is 5.80. The molecule has 2 aromatic heterocycles. The summed E-state index contributed by atoms with van der Waals surface area (Å²) >= 11 is 0. The Hall–Kier alpha value is -4.04. The van der Waals surface area contributed by atoms with Crippen molar-refractivity contribution < 1.29 is 9.53 Å². The summed E-state index contributed by atoms with van der Waals surface area (Å²) in [6.07, 6.45) is 7.07. The summed E-state index contributed by atoms with van der Waals surface area (Å²) < 4.78 is 5.41. The number of amides is 1. The van der Waals surface area contributed by atoms with E-state index in [1.54, 1.807) is 12.4 Å². The number of H-pyrrole nitrogens is 1. The predicted octanol–water partition coefficient (Wildman–Crippen LogP) is 4.55. The Kier molecular flexibility index (Phi) is 5.71. The van der Waals surface area contributed by atoms with Crippen LogP contribution in [0, 0.1) is 5.92 Å². The summed E-state index contributed by atoms with van der Waals surface area (Å²) in [6, 6.07) is 16.2. The molecule has 1 saturated heterocycles. The third kappa shape index (κ3) is 4.52. The van der Waals surface area contributed by atoms with E-state index >= 15 is 0 Å². The molecule has 2 aromatic carbocycles. The van der Waals surface area contributed by atoms with Gasteiger partial charge in [0.2, 0.25) is 5.91 Å². The third-order valence-corrected chi connectivity index (χ3v) is 6.71. The lowest BCUT2D eigenvalue weighted by molar-refractivity contribution is -0.139. The molecular weight excluding hydrogens is 440 g/mol. The van der Waals surface area contributed by atoms with Gasteiger partial charge < -0.3 is 15.0 Å². The van der Waals surface area contributed by atoms with Gasteiger partial charge in [0.1, 0.15) is 5.82 Å². The number of aromatic nitrogens is 4. The number of aromatic amines is 1. The van der Waals surface area contributed by atoms with Crippen LogP contribution in [-0.2, 0) is 22.6 Å². The van der Waals surface area contributed by atoms with Crippen molar-refractivity contribution in [2.45, 2.75) is 25.9 Å². The molecule has 2 N–H and O–H groups in total. The van der Waals surface area contributed by atoms with Gasteiger partial charge in [-0.25, -0.2) is 9.97 Å². The van der Waals surface area contributed by atoms with Gasteiger partial charge in [-0.2, -0.15) is 5.10 Å². The number of nitrogens with zero attached hydrogens (tertiary/aromatic N) is 4. The molecule has 6 rings (SSSR count). The average Bonchev–Trinajstić information content (AvgIpc) is 3.59. The molecule has 0 bridgehead atoms. The number of ether oxygens (including phenoxy) is 1. The molecule has 4 heterocycles. The lowest BCUT2D eigenvalue weighted by Crippen LogP contribution is -2.35. The topological polar surface area (TPSA) is 96.0 Å². The van der Waals surface area contributed by atoms with Gasteiger partial charge in [-0.3, -0.25) is 9.89 Å². The summed E-state index contributed by atoms with van der Waals surface area (Å²) in [5.41, 5.74) is 6.39. The zero-order chi connectivity index (χ0) is 23.6. The quantitative estimate of drug-likeness (QED) is 0.448. The molecule has 0 unspecified atom stereocenters. The Morgan fingerprint density at radius 2 is 1.77 bits per heavy atom. The zero-order valence-electron chi connectivity index (χ0n) is 19.3. The Bertz CT molecular complexity index is 1330. The summed E-state index contributed by atoms with van der Waals surface area (Å²) in [5.74, 6) is 1.70. The molecule has 8 heteroatoms. The number of rotatable bonds is 5. The first-order valence-corrected chi connectivity index (χ1v) is 11.9. The predicted molar refractivity (Wildman–Crippen MR) is 133 cm³/mol. The van der Waals surface area contributed by atoms with Gasteiger partial charge in [-0.15, -0.1) is 0 Å². The van der Waals surface area contributed by atoms with Crippen LogP contribution in [0.25, 0.3) is 22.5 Å². The fraction of sp³-hybridized carbons (Fsp3) is 0.259. The SMILES string of the molecule is O=C(C1CCOCC1)N1Cc2ccc(-c3nccc(Nc4ccc(-c5cn[nH]c5)cc4)n3)cc2C1. The van der Waals surface area contributed by atoms with Crippen LogP contribution in [0.1, 0.15) is 24.0 Å². The van der Waals surface area contributed by atoms with Crippen LogP contribution in [0.3, 0.4) is 0 Å². The summed E-state index contributed by atoms with van der Waals surface area (Å²) in [4.78, 5) is 24.2. The fourth-order valence-electron chi connectivity index (χ4n) is 4.76. The monoisotopic (exact) mass is 466 g/mol. The van der Waals surface area contributed by atoms with Gasteiger partial charge in [0.25, 0.3) is 0 Å². The molecule has 176 valence electrons. The first-order chi connectivity index (χ1) is 17.2. The van der Waals surface area contributed by atoms with E-state index in [-0.39, 0.29) is 11.8 Å². The van der Waals surface area contributed by atoms with Crippen molar-refractivity contribution in [2.75, 3.05) is 18.5 Å². The molecule has 4 aromatic rings. The lowest BCUT2D eigenvalue weighted by Gasteiger charge is -2.26.